The summed E-state index contributed by atoms with van der Waals surface area (Å²) >= 11 is 3.41. The smallest absolute Gasteiger partial charge is 0.260 e. The number of anilines is 1. The highest BCUT2D eigenvalue weighted by atomic mass is 79.9. The highest BCUT2D eigenvalue weighted by Gasteiger charge is 2.27. The van der Waals surface area contributed by atoms with E-state index in [9.17, 15) is 9.59 Å². The Morgan fingerprint density at radius 3 is 2.50 bits per heavy atom. The van der Waals surface area contributed by atoms with Crippen LogP contribution in [-0.4, -0.2) is 36.3 Å². The molecule has 1 fully saturated rings. The molecule has 0 saturated carbocycles. The molecule has 2 N–H and O–H groups in total. The molecule has 0 atom stereocenters. The van der Waals surface area contributed by atoms with Crippen LogP contribution < -0.4 is 10.6 Å². The fourth-order valence-corrected chi connectivity index (χ4v) is 4.02. The Balaban J connectivity index is 1.46. The number of fused-ring (bicyclic) bond motifs is 1. The average Bonchev–Trinajstić information content (AvgIpc) is 3.20. The van der Waals surface area contributed by atoms with Gasteiger partial charge in [0.1, 0.15) is 0 Å². The number of rotatable bonds is 5. The molecule has 1 saturated heterocycles. The van der Waals surface area contributed by atoms with Crippen LogP contribution in [0.25, 0.3) is 5.57 Å². The molecule has 2 aromatic rings. The molecule has 0 bridgehead atoms. The summed E-state index contributed by atoms with van der Waals surface area (Å²) in [4.78, 5) is 26.8. The van der Waals surface area contributed by atoms with E-state index in [4.69, 9.17) is 0 Å². The molecule has 2 aromatic carbocycles. The fourth-order valence-electron chi connectivity index (χ4n) is 3.66. The lowest BCUT2D eigenvalue weighted by Gasteiger charge is -2.18. The van der Waals surface area contributed by atoms with Gasteiger partial charge in [-0.2, -0.15) is 0 Å². The SMILES string of the molecule is O=C1NC(=O)c2ccc(Br)cc2C1=CNc1ccc(CCN2CCCC2)cc1. The first-order chi connectivity index (χ1) is 13.6. The van der Waals surface area contributed by atoms with Crippen LogP contribution in [0.3, 0.4) is 0 Å². The van der Waals surface area contributed by atoms with Gasteiger partial charge in [-0.15, -0.1) is 0 Å². The third-order valence-electron chi connectivity index (χ3n) is 5.24. The Morgan fingerprint density at radius 2 is 1.75 bits per heavy atom. The molecule has 2 aliphatic heterocycles. The zero-order valence-electron chi connectivity index (χ0n) is 15.5. The molecule has 2 aliphatic rings. The third kappa shape index (κ3) is 4.18. The predicted molar refractivity (Wildman–Crippen MR) is 114 cm³/mol. The summed E-state index contributed by atoms with van der Waals surface area (Å²) in [7, 11) is 0. The number of hydrogen-bond acceptors (Lipinski definition) is 4. The summed E-state index contributed by atoms with van der Waals surface area (Å²) in [5, 5.41) is 5.57. The second-order valence-electron chi connectivity index (χ2n) is 7.17. The number of likely N-dealkylation sites (tertiary alicyclic amines) is 1. The van der Waals surface area contributed by atoms with Gasteiger partial charge in [0, 0.05) is 34.0 Å². The minimum absolute atomic E-state index is 0.369. The summed E-state index contributed by atoms with van der Waals surface area (Å²) in [6.45, 7) is 3.54. The molecule has 28 heavy (non-hydrogen) atoms. The van der Waals surface area contributed by atoms with E-state index in [0.29, 0.717) is 16.7 Å². The molecule has 6 heteroatoms. The molecule has 0 radical (unpaired) electrons. The Labute approximate surface area is 172 Å². The third-order valence-corrected chi connectivity index (χ3v) is 5.73. The van der Waals surface area contributed by atoms with Gasteiger partial charge in [-0.25, -0.2) is 0 Å². The van der Waals surface area contributed by atoms with Gasteiger partial charge in [0.2, 0.25) is 0 Å². The maximum absolute atomic E-state index is 12.3. The summed E-state index contributed by atoms with van der Waals surface area (Å²) in [5.74, 6) is -0.766. The number of benzene rings is 2. The zero-order valence-corrected chi connectivity index (χ0v) is 17.1. The number of halogens is 1. The number of nitrogens with one attached hydrogen (secondary N) is 2. The van der Waals surface area contributed by atoms with Crippen LogP contribution >= 0.6 is 15.9 Å². The van der Waals surface area contributed by atoms with Crippen molar-refractivity contribution < 1.29 is 9.59 Å². The van der Waals surface area contributed by atoms with Crippen molar-refractivity contribution in [1.82, 2.24) is 10.2 Å². The van der Waals surface area contributed by atoms with E-state index >= 15 is 0 Å². The topological polar surface area (TPSA) is 61.4 Å². The van der Waals surface area contributed by atoms with Gasteiger partial charge in [0.15, 0.2) is 0 Å². The molecule has 0 aromatic heterocycles. The van der Waals surface area contributed by atoms with Gasteiger partial charge >= 0.3 is 0 Å². The van der Waals surface area contributed by atoms with Gasteiger partial charge in [-0.3, -0.25) is 14.9 Å². The standard InChI is InChI=1S/C22H22BrN3O2/c23-16-5-8-18-19(13-16)20(22(28)25-21(18)27)14-24-17-6-3-15(4-7-17)9-12-26-10-1-2-11-26/h3-8,13-14,24H,1-2,9-12H2,(H,25,27,28). The minimum atomic E-state index is -0.398. The van der Waals surface area contributed by atoms with Gasteiger partial charge in [-0.1, -0.05) is 28.1 Å². The van der Waals surface area contributed by atoms with Crippen molar-refractivity contribution in [3.63, 3.8) is 0 Å². The summed E-state index contributed by atoms with van der Waals surface area (Å²) < 4.78 is 0.821. The molecule has 0 aliphatic carbocycles. The number of carbonyl (C=O) groups is 2. The highest BCUT2D eigenvalue weighted by molar-refractivity contribution is 9.10. The van der Waals surface area contributed by atoms with Crippen molar-refractivity contribution in [2.45, 2.75) is 19.3 Å². The molecule has 0 unspecified atom stereocenters. The van der Waals surface area contributed by atoms with E-state index in [1.165, 1.54) is 31.5 Å². The lowest BCUT2D eigenvalue weighted by molar-refractivity contribution is -0.114. The Kier molecular flexibility index (Phi) is 5.59. The van der Waals surface area contributed by atoms with Crippen molar-refractivity contribution in [3.05, 3.63) is 69.8 Å². The first-order valence-corrected chi connectivity index (χ1v) is 10.3. The quantitative estimate of drug-likeness (QED) is 0.549. The second-order valence-corrected chi connectivity index (χ2v) is 8.09. The molecule has 144 valence electrons. The van der Waals surface area contributed by atoms with E-state index in [-0.39, 0.29) is 5.91 Å². The van der Waals surface area contributed by atoms with Crippen LogP contribution in [0.4, 0.5) is 5.69 Å². The number of imide groups is 1. The molecule has 2 heterocycles. The van der Waals surface area contributed by atoms with Crippen LogP contribution in [-0.2, 0) is 11.2 Å². The van der Waals surface area contributed by atoms with Crippen LogP contribution in [0.15, 0.2) is 53.1 Å². The van der Waals surface area contributed by atoms with Gasteiger partial charge < -0.3 is 10.2 Å². The summed E-state index contributed by atoms with van der Waals surface area (Å²) in [5.41, 5.74) is 3.76. The van der Waals surface area contributed by atoms with E-state index in [2.05, 4.69) is 43.6 Å². The van der Waals surface area contributed by atoms with Gasteiger partial charge in [0.25, 0.3) is 11.8 Å². The van der Waals surface area contributed by atoms with Crippen molar-refractivity contribution in [1.29, 1.82) is 0 Å². The Bertz CT molecular complexity index is 931. The number of amides is 2. The first kappa shape index (κ1) is 18.9. The second kappa shape index (κ2) is 8.29. The minimum Gasteiger partial charge on any atom is -0.361 e. The van der Waals surface area contributed by atoms with Gasteiger partial charge in [-0.05, 0) is 68.2 Å². The first-order valence-electron chi connectivity index (χ1n) is 9.54. The van der Waals surface area contributed by atoms with Crippen molar-refractivity contribution in [3.8, 4) is 0 Å². The van der Waals surface area contributed by atoms with E-state index in [0.717, 1.165) is 23.1 Å². The van der Waals surface area contributed by atoms with Gasteiger partial charge in [0.05, 0.1) is 5.57 Å². The summed E-state index contributed by atoms with van der Waals surface area (Å²) in [6.07, 6.45) is 5.34. The average molecular weight is 440 g/mol. The largest absolute Gasteiger partial charge is 0.361 e. The molecule has 0 spiro atoms. The monoisotopic (exact) mass is 439 g/mol. The van der Waals surface area contributed by atoms with Crippen LogP contribution in [0, 0.1) is 0 Å². The van der Waals surface area contributed by atoms with Crippen molar-refractivity contribution in [2.24, 2.45) is 0 Å². The Hall–Kier alpha value is -2.44. The summed E-state index contributed by atoms with van der Waals surface area (Å²) in [6, 6.07) is 13.6. The van der Waals surface area contributed by atoms with Crippen molar-refractivity contribution >= 4 is 39.0 Å². The normalized spacial score (nSPS) is 18.2. The predicted octanol–water partition coefficient (Wildman–Crippen LogP) is 3.81. The number of carbonyl (C=O) groups excluding carboxylic acids is 2. The zero-order chi connectivity index (χ0) is 19.5. The van der Waals surface area contributed by atoms with E-state index in [1.54, 1.807) is 24.4 Å². The highest BCUT2D eigenvalue weighted by Crippen LogP contribution is 2.27. The molecular formula is C22H22BrN3O2. The maximum atomic E-state index is 12.3. The molecule has 2 amide bonds. The maximum Gasteiger partial charge on any atom is 0.260 e. The van der Waals surface area contributed by atoms with Crippen LogP contribution in [0.1, 0.15) is 34.3 Å². The number of nitrogens with zero attached hydrogens (tertiary/aromatic N) is 1. The fraction of sp³-hybridized carbons (Fsp3) is 0.273. The van der Waals surface area contributed by atoms with E-state index in [1.807, 2.05) is 12.1 Å². The molecule has 5 nitrogen and oxygen atoms in total. The Morgan fingerprint density at radius 1 is 1.00 bits per heavy atom. The molecular weight excluding hydrogens is 418 g/mol. The van der Waals surface area contributed by atoms with E-state index < -0.39 is 5.91 Å². The lowest BCUT2D eigenvalue weighted by Crippen LogP contribution is -2.36. The van der Waals surface area contributed by atoms with Crippen LogP contribution in [0.2, 0.25) is 0 Å². The lowest BCUT2D eigenvalue weighted by atomic mass is 9.95. The van der Waals surface area contributed by atoms with Crippen LogP contribution in [0.5, 0.6) is 0 Å². The number of hydrogen-bond donors (Lipinski definition) is 2. The van der Waals surface area contributed by atoms with Crippen molar-refractivity contribution in [2.75, 3.05) is 25.0 Å². The molecule has 4 rings (SSSR count).